The third-order valence-electron chi connectivity index (χ3n) is 6.69. The Morgan fingerprint density at radius 1 is 1.00 bits per heavy atom. The topological polar surface area (TPSA) is 114 Å². The lowest BCUT2D eigenvalue weighted by Gasteiger charge is -2.40. The van der Waals surface area contributed by atoms with Gasteiger partial charge in [-0.05, 0) is 70.4 Å². The molecule has 0 heterocycles. The first kappa shape index (κ1) is 33.9. The maximum Gasteiger partial charge on any atom is 0.408 e. The molecule has 4 atom stereocenters. The fourth-order valence-electron chi connectivity index (χ4n) is 4.23. The highest BCUT2D eigenvalue weighted by molar-refractivity contribution is 5.93. The van der Waals surface area contributed by atoms with Gasteiger partial charge in [0, 0.05) is 6.04 Å². The van der Waals surface area contributed by atoms with Crippen LogP contribution in [0.3, 0.4) is 0 Å². The zero-order valence-electron chi connectivity index (χ0n) is 25.4. The van der Waals surface area contributed by atoms with Gasteiger partial charge in [0.1, 0.15) is 24.2 Å². The Hall–Kier alpha value is -3.10. The smallest absolute Gasteiger partial charge is 0.408 e. The van der Waals surface area contributed by atoms with Crippen LogP contribution >= 0.6 is 0 Å². The second kappa shape index (κ2) is 15.5. The van der Waals surface area contributed by atoms with E-state index in [2.05, 4.69) is 24.5 Å². The van der Waals surface area contributed by atoms with Crippen molar-refractivity contribution in [3.8, 4) is 0 Å². The van der Waals surface area contributed by atoms with Crippen molar-refractivity contribution in [3.05, 3.63) is 35.4 Å². The van der Waals surface area contributed by atoms with E-state index in [1.54, 1.807) is 25.7 Å². The van der Waals surface area contributed by atoms with Gasteiger partial charge >= 0.3 is 12.1 Å². The summed E-state index contributed by atoms with van der Waals surface area (Å²) in [6.45, 7) is 16.8. The quantitative estimate of drug-likeness (QED) is 0.339. The Kier molecular flexibility index (Phi) is 13.5. The molecule has 0 radical (unpaired) electrons. The molecule has 1 rings (SSSR count). The van der Waals surface area contributed by atoms with Crippen LogP contribution < -0.4 is 10.6 Å². The lowest BCUT2D eigenvalue weighted by molar-refractivity contribution is -0.147. The van der Waals surface area contributed by atoms with E-state index in [0.29, 0.717) is 24.3 Å². The number of ether oxygens (including phenoxy) is 2. The summed E-state index contributed by atoms with van der Waals surface area (Å²) >= 11 is 0. The molecule has 3 amide bonds. The predicted molar refractivity (Wildman–Crippen MR) is 152 cm³/mol. The predicted octanol–water partition coefficient (Wildman–Crippen LogP) is 4.92. The van der Waals surface area contributed by atoms with E-state index in [1.165, 1.54) is 7.11 Å². The molecule has 1 aromatic carbocycles. The van der Waals surface area contributed by atoms with Gasteiger partial charge in [0.05, 0.1) is 7.11 Å². The number of carbonyl (C=O) groups is 4. The zero-order valence-corrected chi connectivity index (χ0v) is 25.4. The Morgan fingerprint density at radius 3 is 2.13 bits per heavy atom. The number of nitrogens with one attached hydrogen (secondary N) is 2. The second-order valence-corrected chi connectivity index (χ2v) is 11.6. The number of alkyl carbamates (subject to hydrolysis) is 1. The van der Waals surface area contributed by atoms with Crippen molar-refractivity contribution < 1.29 is 28.7 Å². The summed E-state index contributed by atoms with van der Waals surface area (Å²) in [4.78, 5) is 54.4. The number of amides is 3. The Balaban J connectivity index is 3.67. The molecule has 9 heteroatoms. The number of benzene rings is 1. The summed E-state index contributed by atoms with van der Waals surface area (Å²) in [6.07, 6.45) is 1.40. The van der Waals surface area contributed by atoms with Gasteiger partial charge in [-0.2, -0.15) is 0 Å². The highest BCUT2D eigenvalue weighted by atomic mass is 16.6. The molecular formula is C30H49N3O6. The van der Waals surface area contributed by atoms with Gasteiger partial charge in [0.2, 0.25) is 11.8 Å². The monoisotopic (exact) mass is 547 g/mol. The van der Waals surface area contributed by atoms with Crippen LogP contribution in [0.1, 0.15) is 91.8 Å². The molecule has 1 aromatic rings. The van der Waals surface area contributed by atoms with Crippen molar-refractivity contribution in [2.24, 2.45) is 11.8 Å². The van der Waals surface area contributed by atoms with Crippen LogP contribution in [-0.2, 0) is 23.9 Å². The number of nitrogens with zero attached hydrogens (tertiary/aromatic N) is 1. The van der Waals surface area contributed by atoms with E-state index in [0.717, 1.165) is 12.0 Å². The number of hydrogen-bond acceptors (Lipinski definition) is 6. The molecule has 0 aromatic heterocycles. The second-order valence-electron chi connectivity index (χ2n) is 11.6. The van der Waals surface area contributed by atoms with Crippen molar-refractivity contribution in [1.29, 1.82) is 0 Å². The molecule has 0 saturated heterocycles. The number of carbonyl (C=O) groups excluding carboxylic acids is 4. The maximum absolute atomic E-state index is 14.4. The van der Waals surface area contributed by atoms with Gasteiger partial charge in [0.25, 0.3) is 0 Å². The summed E-state index contributed by atoms with van der Waals surface area (Å²) in [5.74, 6) is -1.32. The van der Waals surface area contributed by atoms with E-state index in [1.807, 2.05) is 52.0 Å². The fraction of sp³-hybridized carbons (Fsp3) is 0.667. The molecule has 39 heavy (non-hydrogen) atoms. The third kappa shape index (κ3) is 10.9. The molecule has 0 aliphatic rings. The molecule has 0 fully saturated rings. The zero-order chi connectivity index (χ0) is 29.9. The van der Waals surface area contributed by atoms with Crippen molar-refractivity contribution in [2.75, 3.05) is 13.7 Å². The van der Waals surface area contributed by atoms with Gasteiger partial charge < -0.3 is 25.0 Å². The highest BCUT2D eigenvalue weighted by Gasteiger charge is 2.40. The molecule has 0 spiro atoms. The van der Waals surface area contributed by atoms with Gasteiger partial charge in [-0.15, -0.1) is 0 Å². The number of rotatable bonds is 13. The highest BCUT2D eigenvalue weighted by Crippen LogP contribution is 2.30. The molecule has 0 saturated carbocycles. The fourth-order valence-corrected chi connectivity index (χ4v) is 4.23. The Labute approximate surface area is 234 Å². The standard InChI is InChI=1S/C30H49N3O6/c1-11-20(4)25(32-29(37)39-30(7,8)9)28(36)33(22(6)17-16-19(2)3)26(23-15-13-12-14-21(23)5)27(35)31-18-24(34)38-10/h12-15,19-20,22,25-26H,11,16-18H2,1-10H3,(H,31,35)(H,32,37). The summed E-state index contributed by atoms with van der Waals surface area (Å²) in [6, 6.07) is 5.07. The van der Waals surface area contributed by atoms with E-state index in [-0.39, 0.29) is 24.4 Å². The van der Waals surface area contributed by atoms with E-state index >= 15 is 0 Å². The first-order chi connectivity index (χ1) is 18.1. The van der Waals surface area contributed by atoms with Crippen LogP contribution in [0.4, 0.5) is 4.79 Å². The molecule has 0 aliphatic heterocycles. The molecular weight excluding hydrogens is 498 g/mol. The molecule has 220 valence electrons. The van der Waals surface area contributed by atoms with Crippen LogP contribution in [0, 0.1) is 18.8 Å². The van der Waals surface area contributed by atoms with Gasteiger partial charge in [0.15, 0.2) is 0 Å². The van der Waals surface area contributed by atoms with Crippen molar-refractivity contribution in [2.45, 2.75) is 105 Å². The van der Waals surface area contributed by atoms with Gasteiger partial charge in [-0.25, -0.2) is 4.79 Å². The van der Waals surface area contributed by atoms with Crippen LogP contribution in [0.25, 0.3) is 0 Å². The van der Waals surface area contributed by atoms with Crippen molar-refractivity contribution in [1.82, 2.24) is 15.5 Å². The van der Waals surface area contributed by atoms with Crippen molar-refractivity contribution in [3.63, 3.8) is 0 Å². The molecule has 0 aliphatic carbocycles. The van der Waals surface area contributed by atoms with E-state index in [4.69, 9.17) is 9.47 Å². The van der Waals surface area contributed by atoms with Crippen molar-refractivity contribution >= 4 is 23.9 Å². The average molecular weight is 548 g/mol. The number of hydrogen-bond donors (Lipinski definition) is 2. The van der Waals surface area contributed by atoms with Gasteiger partial charge in [-0.1, -0.05) is 58.4 Å². The molecule has 4 unspecified atom stereocenters. The van der Waals surface area contributed by atoms with Gasteiger partial charge in [-0.3, -0.25) is 14.4 Å². The minimum absolute atomic E-state index is 0.236. The lowest BCUT2D eigenvalue weighted by atomic mass is 9.92. The van der Waals surface area contributed by atoms with E-state index in [9.17, 15) is 19.2 Å². The summed E-state index contributed by atoms with van der Waals surface area (Å²) in [7, 11) is 1.25. The lowest BCUT2D eigenvalue weighted by Crippen LogP contribution is -2.57. The SMILES string of the molecule is CCC(C)C(NC(=O)OC(C)(C)C)C(=O)N(C(C)CCC(C)C)C(C(=O)NCC(=O)OC)c1ccccc1C. The minimum Gasteiger partial charge on any atom is -0.468 e. The number of methoxy groups -OCH3 is 1. The molecule has 2 N–H and O–H groups in total. The number of aryl methyl sites for hydroxylation is 1. The van der Waals surface area contributed by atoms with Crippen LogP contribution in [0.2, 0.25) is 0 Å². The largest absolute Gasteiger partial charge is 0.468 e. The normalized spacial score (nSPS) is 14.5. The van der Waals surface area contributed by atoms with Crippen LogP contribution in [0.15, 0.2) is 24.3 Å². The Morgan fingerprint density at radius 2 is 1.62 bits per heavy atom. The summed E-state index contributed by atoms with van der Waals surface area (Å²) in [5, 5.41) is 5.43. The summed E-state index contributed by atoms with van der Waals surface area (Å²) < 4.78 is 10.2. The van der Waals surface area contributed by atoms with Crippen LogP contribution in [-0.4, -0.2) is 60.1 Å². The maximum atomic E-state index is 14.4. The molecule has 0 bridgehead atoms. The summed E-state index contributed by atoms with van der Waals surface area (Å²) in [5.41, 5.74) is 0.726. The Bertz CT molecular complexity index is 972. The number of esters is 1. The van der Waals surface area contributed by atoms with Crippen LogP contribution in [0.5, 0.6) is 0 Å². The first-order valence-electron chi connectivity index (χ1n) is 13.8. The first-order valence-corrected chi connectivity index (χ1v) is 13.8. The molecule has 9 nitrogen and oxygen atoms in total. The minimum atomic E-state index is -1.03. The third-order valence-corrected chi connectivity index (χ3v) is 6.69. The average Bonchev–Trinajstić information content (AvgIpc) is 2.85. The van der Waals surface area contributed by atoms with E-state index < -0.39 is 35.7 Å².